The van der Waals surface area contributed by atoms with E-state index in [2.05, 4.69) is 6.92 Å². The van der Waals surface area contributed by atoms with Gasteiger partial charge in [-0.25, -0.2) is 8.78 Å². The molecular formula is C9H16F2O. The molecule has 0 aromatic carbocycles. The Morgan fingerprint density at radius 3 is 2.50 bits per heavy atom. The highest BCUT2D eigenvalue weighted by Crippen LogP contribution is 2.32. The molecular weight excluding hydrogens is 162 g/mol. The lowest BCUT2D eigenvalue weighted by Crippen LogP contribution is -2.31. The van der Waals surface area contributed by atoms with Crippen molar-refractivity contribution < 1.29 is 13.9 Å². The molecule has 1 rings (SSSR count). The smallest absolute Gasteiger partial charge is 0.264 e. The molecule has 0 amide bonds. The van der Waals surface area contributed by atoms with E-state index < -0.39 is 12.5 Å². The second-order valence-corrected chi connectivity index (χ2v) is 3.86. The molecule has 0 radical (unpaired) electrons. The third-order valence-corrected chi connectivity index (χ3v) is 2.72. The molecule has 1 saturated carbocycles. The van der Waals surface area contributed by atoms with Crippen LogP contribution < -0.4 is 0 Å². The lowest BCUT2D eigenvalue weighted by Gasteiger charge is -2.29. The Morgan fingerprint density at radius 2 is 2.00 bits per heavy atom. The average Bonchev–Trinajstić information content (AvgIpc) is 2.03. The van der Waals surface area contributed by atoms with Crippen LogP contribution in [0, 0.1) is 11.8 Å². The summed E-state index contributed by atoms with van der Waals surface area (Å²) < 4.78 is 24.2. The average molecular weight is 178 g/mol. The molecule has 0 aromatic rings. The fourth-order valence-corrected chi connectivity index (χ4v) is 2.00. The van der Waals surface area contributed by atoms with Crippen molar-refractivity contribution in [3.05, 3.63) is 0 Å². The van der Waals surface area contributed by atoms with Gasteiger partial charge in [0.15, 0.2) is 0 Å². The first-order valence-electron chi connectivity index (χ1n) is 4.57. The number of aliphatic hydroxyl groups is 1. The van der Waals surface area contributed by atoms with Gasteiger partial charge in [0, 0.05) is 0 Å². The van der Waals surface area contributed by atoms with E-state index in [1.165, 1.54) is 0 Å². The molecule has 3 unspecified atom stereocenters. The van der Waals surface area contributed by atoms with Crippen molar-refractivity contribution >= 4 is 0 Å². The molecule has 0 aliphatic heterocycles. The van der Waals surface area contributed by atoms with Gasteiger partial charge in [0.05, 0.1) is 0 Å². The van der Waals surface area contributed by atoms with Crippen molar-refractivity contribution in [1.29, 1.82) is 0 Å². The van der Waals surface area contributed by atoms with Gasteiger partial charge in [0.2, 0.25) is 0 Å². The predicted octanol–water partition coefficient (Wildman–Crippen LogP) is 2.44. The molecule has 1 aliphatic carbocycles. The molecule has 0 heterocycles. The molecule has 3 heteroatoms. The number of aliphatic hydroxyl groups excluding tert-OH is 1. The van der Waals surface area contributed by atoms with E-state index in [1.807, 2.05) is 0 Å². The molecule has 0 bridgehead atoms. The summed E-state index contributed by atoms with van der Waals surface area (Å²) in [5, 5.41) is 9.12. The highest BCUT2D eigenvalue weighted by molar-refractivity contribution is 4.77. The molecule has 1 fully saturated rings. The maximum atomic E-state index is 12.1. The second-order valence-electron chi connectivity index (χ2n) is 3.86. The largest absolute Gasteiger partial charge is 0.387 e. The molecule has 1 N–H and O–H groups in total. The van der Waals surface area contributed by atoms with Gasteiger partial charge in [0.25, 0.3) is 6.43 Å². The molecule has 0 spiro atoms. The Morgan fingerprint density at radius 1 is 1.33 bits per heavy atom. The van der Waals surface area contributed by atoms with Crippen molar-refractivity contribution in [1.82, 2.24) is 0 Å². The van der Waals surface area contributed by atoms with Gasteiger partial charge in [0.1, 0.15) is 6.10 Å². The second kappa shape index (κ2) is 4.17. The maximum absolute atomic E-state index is 12.1. The molecule has 0 aromatic heterocycles. The highest BCUT2D eigenvalue weighted by atomic mass is 19.3. The molecule has 72 valence electrons. The van der Waals surface area contributed by atoms with Crippen LogP contribution in [0.4, 0.5) is 8.78 Å². The van der Waals surface area contributed by atoms with Crippen LogP contribution in [0.25, 0.3) is 0 Å². The van der Waals surface area contributed by atoms with E-state index in [4.69, 9.17) is 5.11 Å². The summed E-state index contributed by atoms with van der Waals surface area (Å²) in [6.45, 7) is 2.06. The molecule has 0 saturated heterocycles. The van der Waals surface area contributed by atoms with Crippen LogP contribution in [0.15, 0.2) is 0 Å². The fourth-order valence-electron chi connectivity index (χ4n) is 2.00. The van der Waals surface area contributed by atoms with Crippen LogP contribution in [0.2, 0.25) is 0 Å². The predicted molar refractivity (Wildman–Crippen MR) is 43.1 cm³/mol. The first-order valence-corrected chi connectivity index (χ1v) is 4.57. The number of hydrogen-bond acceptors (Lipinski definition) is 1. The third kappa shape index (κ3) is 2.41. The fraction of sp³-hybridized carbons (Fsp3) is 1.00. The summed E-state index contributed by atoms with van der Waals surface area (Å²) in [5.41, 5.74) is 0. The van der Waals surface area contributed by atoms with Crippen LogP contribution in [-0.4, -0.2) is 17.6 Å². The zero-order valence-electron chi connectivity index (χ0n) is 7.34. The molecule has 1 aliphatic rings. The Kier molecular flexibility index (Phi) is 3.44. The summed E-state index contributed by atoms with van der Waals surface area (Å²) in [5.74, 6) is 0.325. The quantitative estimate of drug-likeness (QED) is 0.688. The van der Waals surface area contributed by atoms with Gasteiger partial charge in [-0.15, -0.1) is 0 Å². The number of rotatable bonds is 2. The SMILES string of the molecule is CC1CCCC(C(O)C(F)F)C1. The lowest BCUT2D eigenvalue weighted by molar-refractivity contribution is -0.0516. The van der Waals surface area contributed by atoms with Crippen molar-refractivity contribution in [2.45, 2.75) is 45.1 Å². The van der Waals surface area contributed by atoms with Crippen LogP contribution in [0.1, 0.15) is 32.6 Å². The number of alkyl halides is 2. The maximum Gasteiger partial charge on any atom is 0.264 e. The van der Waals surface area contributed by atoms with Gasteiger partial charge in [-0.1, -0.05) is 19.8 Å². The molecule has 3 atom stereocenters. The van der Waals surface area contributed by atoms with E-state index >= 15 is 0 Å². The number of halogens is 2. The molecule has 1 nitrogen and oxygen atoms in total. The van der Waals surface area contributed by atoms with E-state index in [-0.39, 0.29) is 5.92 Å². The van der Waals surface area contributed by atoms with Crippen LogP contribution in [-0.2, 0) is 0 Å². The summed E-state index contributed by atoms with van der Waals surface area (Å²) in [4.78, 5) is 0. The third-order valence-electron chi connectivity index (χ3n) is 2.72. The summed E-state index contributed by atoms with van der Waals surface area (Å²) in [7, 11) is 0. The summed E-state index contributed by atoms with van der Waals surface area (Å²) >= 11 is 0. The Hall–Kier alpha value is -0.180. The van der Waals surface area contributed by atoms with Gasteiger partial charge in [-0.3, -0.25) is 0 Å². The van der Waals surface area contributed by atoms with Gasteiger partial charge < -0.3 is 5.11 Å². The lowest BCUT2D eigenvalue weighted by atomic mass is 9.80. The van der Waals surface area contributed by atoms with Crippen molar-refractivity contribution in [2.75, 3.05) is 0 Å². The van der Waals surface area contributed by atoms with E-state index in [1.54, 1.807) is 0 Å². The van der Waals surface area contributed by atoms with E-state index in [0.29, 0.717) is 5.92 Å². The van der Waals surface area contributed by atoms with Crippen molar-refractivity contribution in [2.24, 2.45) is 11.8 Å². The number of hydrogen-bond donors (Lipinski definition) is 1. The summed E-state index contributed by atoms with van der Waals surface area (Å²) in [6.07, 6.45) is -0.350. The minimum Gasteiger partial charge on any atom is -0.387 e. The Labute approximate surface area is 71.8 Å². The Bertz CT molecular complexity index is 138. The summed E-state index contributed by atoms with van der Waals surface area (Å²) in [6, 6.07) is 0. The van der Waals surface area contributed by atoms with E-state index in [9.17, 15) is 8.78 Å². The minimum atomic E-state index is -2.57. The van der Waals surface area contributed by atoms with Crippen molar-refractivity contribution in [3.63, 3.8) is 0 Å². The molecule has 12 heavy (non-hydrogen) atoms. The van der Waals surface area contributed by atoms with E-state index in [0.717, 1.165) is 25.7 Å². The van der Waals surface area contributed by atoms with Crippen LogP contribution in [0.3, 0.4) is 0 Å². The minimum absolute atomic E-state index is 0.172. The first kappa shape index (κ1) is 9.90. The highest BCUT2D eigenvalue weighted by Gasteiger charge is 2.30. The Balaban J connectivity index is 2.40. The zero-order valence-corrected chi connectivity index (χ0v) is 7.34. The zero-order chi connectivity index (χ0) is 9.14. The standard InChI is InChI=1S/C9H16F2O/c1-6-3-2-4-7(5-6)8(12)9(10)11/h6-9,12H,2-5H2,1H3. The van der Waals surface area contributed by atoms with Crippen LogP contribution >= 0.6 is 0 Å². The monoisotopic (exact) mass is 178 g/mol. The van der Waals surface area contributed by atoms with Gasteiger partial charge in [-0.05, 0) is 24.7 Å². The van der Waals surface area contributed by atoms with Gasteiger partial charge in [-0.2, -0.15) is 0 Å². The first-order chi connectivity index (χ1) is 5.61. The normalized spacial score (nSPS) is 33.8. The van der Waals surface area contributed by atoms with Crippen LogP contribution in [0.5, 0.6) is 0 Å². The topological polar surface area (TPSA) is 20.2 Å². The van der Waals surface area contributed by atoms with Crippen molar-refractivity contribution in [3.8, 4) is 0 Å². The van der Waals surface area contributed by atoms with Gasteiger partial charge >= 0.3 is 0 Å².